The molecular weight excluding hydrogens is 641 g/mol. The van der Waals surface area contributed by atoms with Crippen molar-refractivity contribution in [2.75, 3.05) is 25.0 Å². The lowest BCUT2D eigenvalue weighted by molar-refractivity contribution is -0.148. The molecule has 0 saturated heterocycles. The number of carbonyl (C=O) groups is 4. The van der Waals surface area contributed by atoms with Gasteiger partial charge in [-0.05, 0) is 78.4 Å². The third-order valence-electron chi connectivity index (χ3n) is 8.82. The Morgan fingerprint density at radius 1 is 1.04 bits per heavy atom. The minimum Gasteiger partial charge on any atom is -0.478 e. The van der Waals surface area contributed by atoms with Crippen LogP contribution in [0.4, 0.5) is 10.1 Å². The average Bonchev–Trinajstić information content (AvgIpc) is 3.58. The van der Waals surface area contributed by atoms with Gasteiger partial charge in [0.1, 0.15) is 6.04 Å². The number of fused-ring (bicyclic) bond motifs is 1. The lowest BCUT2D eigenvalue weighted by Crippen LogP contribution is -2.49. The Morgan fingerprint density at radius 2 is 1.77 bits per heavy atom. The number of carboxylic acid groups (broad SMARTS) is 1. The molecule has 0 radical (unpaired) electrons. The molecule has 0 aromatic heterocycles. The summed E-state index contributed by atoms with van der Waals surface area (Å²) in [6, 6.07) is 14.2. The first kappa shape index (κ1) is 32.9. The van der Waals surface area contributed by atoms with Crippen molar-refractivity contribution in [1.29, 1.82) is 0 Å². The quantitative estimate of drug-likeness (QED) is 0.336. The number of carboxylic acids is 1. The van der Waals surface area contributed by atoms with Crippen LogP contribution in [-0.2, 0) is 25.6 Å². The minimum atomic E-state index is -1.10. The molecule has 3 aliphatic rings. The summed E-state index contributed by atoms with van der Waals surface area (Å²) in [7, 11) is 0. The van der Waals surface area contributed by atoms with Crippen LogP contribution in [0, 0.1) is 5.82 Å². The predicted molar refractivity (Wildman–Crippen MR) is 177 cm³/mol. The predicted octanol–water partition coefficient (Wildman–Crippen LogP) is 4.40. The summed E-state index contributed by atoms with van der Waals surface area (Å²) < 4.78 is 14.8. The second kappa shape index (κ2) is 13.6. The standard InChI is InChI=1S/C35H33ClFN5O6/c1-19(38)33(44)41-15-12-20(13-16-41)23-4-2-5-25-24(23)14-17-42(31(25)32(43)39-22-10-8-21(9-11-22)35(46)47)34(45)29-18-28(40-48-29)26-6-3-7-27(36)30(26)37/h2-12,19,29,31H,13-18,38H2,1H3,(H,39,43)(H,46,47)/t19-,29+,31-/m0/s1. The SMILES string of the molecule is C[C@H](N)C(=O)N1CC=C(c2cccc3c2CCN(C(=O)[C@H]2CC(c4cccc(Cl)c4F)=NO2)[C@@H]3C(=O)Nc2ccc(C(=O)O)cc2)CC1. The summed E-state index contributed by atoms with van der Waals surface area (Å²) in [5.74, 6) is -2.88. The number of rotatable bonds is 7. The number of aromatic carboxylic acids is 1. The molecule has 0 aliphatic carbocycles. The van der Waals surface area contributed by atoms with Gasteiger partial charge in [0.15, 0.2) is 5.82 Å². The summed E-state index contributed by atoms with van der Waals surface area (Å²) in [6.07, 6.45) is 1.92. The van der Waals surface area contributed by atoms with Crippen molar-refractivity contribution in [3.63, 3.8) is 0 Å². The van der Waals surface area contributed by atoms with E-state index in [0.29, 0.717) is 37.2 Å². The summed E-state index contributed by atoms with van der Waals surface area (Å²) in [5, 5.41) is 16.0. The van der Waals surface area contributed by atoms with Gasteiger partial charge >= 0.3 is 5.97 Å². The number of carbonyl (C=O) groups excluding carboxylic acids is 3. The van der Waals surface area contributed by atoms with Gasteiger partial charge in [-0.1, -0.05) is 47.1 Å². The molecule has 11 nitrogen and oxygen atoms in total. The molecule has 6 rings (SSSR count). The van der Waals surface area contributed by atoms with Crippen LogP contribution in [-0.4, -0.2) is 76.1 Å². The number of nitrogens with zero attached hydrogens (tertiary/aromatic N) is 3. The second-order valence-electron chi connectivity index (χ2n) is 11.9. The van der Waals surface area contributed by atoms with Crippen molar-refractivity contribution in [2.24, 2.45) is 10.9 Å². The topological polar surface area (TPSA) is 155 Å². The smallest absolute Gasteiger partial charge is 0.335 e. The Morgan fingerprint density at radius 3 is 2.46 bits per heavy atom. The molecule has 3 atom stereocenters. The van der Waals surface area contributed by atoms with E-state index >= 15 is 0 Å². The van der Waals surface area contributed by atoms with E-state index in [1.54, 1.807) is 17.9 Å². The first-order valence-electron chi connectivity index (χ1n) is 15.5. The molecule has 3 aliphatic heterocycles. The van der Waals surface area contributed by atoms with E-state index in [4.69, 9.17) is 22.2 Å². The number of oxime groups is 1. The molecule has 3 amide bonds. The maximum atomic E-state index is 14.8. The minimum absolute atomic E-state index is 0.0198. The molecule has 3 heterocycles. The maximum absolute atomic E-state index is 14.8. The van der Waals surface area contributed by atoms with Gasteiger partial charge in [0.25, 0.3) is 11.8 Å². The van der Waals surface area contributed by atoms with Crippen molar-refractivity contribution in [3.8, 4) is 0 Å². The van der Waals surface area contributed by atoms with Gasteiger partial charge in [-0.3, -0.25) is 14.4 Å². The summed E-state index contributed by atoms with van der Waals surface area (Å²) >= 11 is 5.96. The number of hydrogen-bond acceptors (Lipinski definition) is 7. The molecule has 248 valence electrons. The number of amides is 3. The number of halogens is 2. The van der Waals surface area contributed by atoms with Crippen molar-refractivity contribution >= 4 is 52.3 Å². The third-order valence-corrected chi connectivity index (χ3v) is 9.11. The van der Waals surface area contributed by atoms with E-state index in [1.807, 2.05) is 24.3 Å². The molecule has 0 saturated carbocycles. The molecule has 3 aromatic carbocycles. The van der Waals surface area contributed by atoms with E-state index in [9.17, 15) is 28.7 Å². The third kappa shape index (κ3) is 6.41. The Balaban J connectivity index is 1.30. The Bertz CT molecular complexity index is 1860. The molecule has 13 heteroatoms. The van der Waals surface area contributed by atoms with Crippen LogP contribution in [0.25, 0.3) is 5.57 Å². The maximum Gasteiger partial charge on any atom is 0.335 e. The van der Waals surface area contributed by atoms with Gasteiger partial charge < -0.3 is 30.8 Å². The highest BCUT2D eigenvalue weighted by atomic mass is 35.5. The van der Waals surface area contributed by atoms with Crippen LogP contribution in [0.5, 0.6) is 0 Å². The van der Waals surface area contributed by atoms with Crippen LogP contribution in [0.3, 0.4) is 0 Å². The zero-order valence-electron chi connectivity index (χ0n) is 26.0. The Labute approximate surface area is 280 Å². The number of hydrogen-bond donors (Lipinski definition) is 3. The molecule has 0 spiro atoms. The highest BCUT2D eigenvalue weighted by Gasteiger charge is 2.42. The van der Waals surface area contributed by atoms with Crippen molar-refractivity contribution < 1.29 is 33.5 Å². The fourth-order valence-corrected chi connectivity index (χ4v) is 6.55. The normalized spacial score (nSPS) is 19.4. The highest BCUT2D eigenvalue weighted by Crippen LogP contribution is 2.38. The van der Waals surface area contributed by atoms with E-state index in [0.717, 1.165) is 16.7 Å². The van der Waals surface area contributed by atoms with Gasteiger partial charge in [0.2, 0.25) is 12.0 Å². The molecule has 0 fully saturated rings. The number of nitrogens with two attached hydrogens (primary N) is 1. The summed E-state index contributed by atoms with van der Waals surface area (Å²) in [4.78, 5) is 60.6. The van der Waals surface area contributed by atoms with Gasteiger partial charge in [-0.25, -0.2) is 9.18 Å². The van der Waals surface area contributed by atoms with Gasteiger partial charge in [-0.2, -0.15) is 0 Å². The molecule has 4 N–H and O–H groups in total. The molecule has 3 aromatic rings. The van der Waals surface area contributed by atoms with Gasteiger partial charge in [-0.15, -0.1) is 0 Å². The highest BCUT2D eigenvalue weighted by molar-refractivity contribution is 6.31. The molecule has 48 heavy (non-hydrogen) atoms. The first-order valence-corrected chi connectivity index (χ1v) is 15.9. The van der Waals surface area contributed by atoms with Crippen LogP contribution >= 0.6 is 11.6 Å². The summed E-state index contributed by atoms with van der Waals surface area (Å²) in [6.45, 7) is 2.76. The zero-order chi connectivity index (χ0) is 34.1. The van der Waals surface area contributed by atoms with Gasteiger partial charge in [0, 0.05) is 37.3 Å². The Kier molecular flexibility index (Phi) is 9.29. The zero-order valence-corrected chi connectivity index (χ0v) is 26.7. The monoisotopic (exact) mass is 673 g/mol. The van der Waals surface area contributed by atoms with Crippen LogP contribution in [0.2, 0.25) is 5.02 Å². The molecule has 0 unspecified atom stereocenters. The van der Waals surface area contributed by atoms with Crippen LogP contribution < -0.4 is 11.1 Å². The summed E-state index contributed by atoms with van der Waals surface area (Å²) in [5.41, 5.74) is 10.1. The lowest BCUT2D eigenvalue weighted by atomic mass is 9.84. The van der Waals surface area contributed by atoms with Crippen LogP contribution in [0.15, 0.2) is 71.9 Å². The number of benzene rings is 3. The molecular formula is C35H33ClFN5O6. The van der Waals surface area contributed by atoms with Gasteiger partial charge in [0.05, 0.1) is 22.3 Å². The Hall–Kier alpha value is -5.07. The average molecular weight is 674 g/mol. The van der Waals surface area contributed by atoms with E-state index in [2.05, 4.69) is 10.5 Å². The second-order valence-corrected chi connectivity index (χ2v) is 12.3. The largest absolute Gasteiger partial charge is 0.478 e. The van der Waals surface area contributed by atoms with Crippen LogP contribution in [0.1, 0.15) is 58.4 Å². The van der Waals surface area contributed by atoms with E-state index < -0.39 is 41.8 Å². The number of nitrogens with one attached hydrogen (secondary N) is 1. The lowest BCUT2D eigenvalue weighted by Gasteiger charge is -2.38. The fourth-order valence-electron chi connectivity index (χ4n) is 6.38. The van der Waals surface area contributed by atoms with Crippen molar-refractivity contribution in [3.05, 3.63) is 105 Å². The van der Waals surface area contributed by atoms with E-state index in [1.165, 1.54) is 41.3 Å². The van der Waals surface area contributed by atoms with Crippen molar-refractivity contribution in [1.82, 2.24) is 9.80 Å². The van der Waals surface area contributed by atoms with E-state index in [-0.39, 0.29) is 40.7 Å². The first-order chi connectivity index (χ1) is 23.0. The number of anilines is 1. The van der Waals surface area contributed by atoms with Crippen molar-refractivity contribution in [2.45, 2.75) is 44.4 Å². The molecule has 0 bridgehead atoms. The fraction of sp³-hybridized carbons (Fsp3) is 0.286.